The number of allylic oxidation sites excluding steroid dienone is 1. The van der Waals surface area contributed by atoms with Crippen LogP contribution in [0.1, 0.15) is 37.3 Å². The first-order chi connectivity index (χ1) is 17.7. The van der Waals surface area contributed by atoms with Crippen LogP contribution in [0.5, 0.6) is 11.5 Å². The van der Waals surface area contributed by atoms with E-state index in [0.29, 0.717) is 40.8 Å². The van der Waals surface area contributed by atoms with Gasteiger partial charge >= 0.3 is 5.97 Å². The number of hydrogen-bond donors (Lipinski definition) is 0. The van der Waals surface area contributed by atoms with Gasteiger partial charge in [0.25, 0.3) is 0 Å². The number of ether oxygens (including phenoxy) is 3. The zero-order chi connectivity index (χ0) is 27.1. The Hall–Kier alpha value is -3.52. The van der Waals surface area contributed by atoms with E-state index in [1.54, 1.807) is 58.2 Å². The fourth-order valence-corrected chi connectivity index (χ4v) is 4.60. The van der Waals surface area contributed by atoms with Crippen LogP contribution in [-0.4, -0.2) is 68.5 Å². The van der Waals surface area contributed by atoms with Crippen molar-refractivity contribution in [2.75, 3.05) is 41.0 Å². The van der Waals surface area contributed by atoms with Gasteiger partial charge < -0.3 is 24.0 Å². The van der Waals surface area contributed by atoms with Crippen LogP contribution in [0.15, 0.2) is 53.7 Å². The Balaban J connectivity index is 1.77. The monoisotopic (exact) mass is 528 g/mol. The molecule has 0 saturated heterocycles. The summed E-state index contributed by atoms with van der Waals surface area (Å²) in [6.45, 7) is 3.87. The Bertz CT molecular complexity index is 1190. The second kappa shape index (κ2) is 12.6. The van der Waals surface area contributed by atoms with E-state index in [-0.39, 0.29) is 31.4 Å². The number of rotatable bonds is 10. The van der Waals surface area contributed by atoms with Crippen molar-refractivity contribution >= 4 is 29.4 Å². The molecule has 2 amide bonds. The van der Waals surface area contributed by atoms with Crippen molar-refractivity contribution in [1.29, 1.82) is 0 Å². The second-order valence-electron chi connectivity index (χ2n) is 8.77. The number of carbonyl (C=O) groups excluding carboxylic acids is 3. The summed E-state index contributed by atoms with van der Waals surface area (Å²) in [4.78, 5) is 42.1. The minimum absolute atomic E-state index is 0.0362. The Kier molecular flexibility index (Phi) is 9.58. The molecule has 0 radical (unpaired) electrons. The number of halogens is 1. The van der Waals surface area contributed by atoms with Crippen molar-refractivity contribution in [1.82, 2.24) is 9.80 Å². The lowest BCUT2D eigenvalue weighted by atomic mass is 9.83. The molecule has 3 rings (SSSR count). The summed E-state index contributed by atoms with van der Waals surface area (Å²) >= 11 is 6.17. The maximum atomic E-state index is 13.2. The molecular weight excluding hydrogens is 496 g/mol. The highest BCUT2D eigenvalue weighted by atomic mass is 35.5. The van der Waals surface area contributed by atoms with Crippen LogP contribution in [0.2, 0.25) is 5.02 Å². The van der Waals surface area contributed by atoms with Gasteiger partial charge in [-0.3, -0.25) is 9.59 Å². The Morgan fingerprint density at radius 2 is 1.84 bits per heavy atom. The number of benzene rings is 2. The molecule has 1 aliphatic heterocycles. The van der Waals surface area contributed by atoms with Crippen LogP contribution in [0, 0.1) is 0 Å². The lowest BCUT2D eigenvalue weighted by Gasteiger charge is -2.35. The van der Waals surface area contributed by atoms with E-state index in [1.807, 2.05) is 24.3 Å². The first-order valence-corrected chi connectivity index (χ1v) is 12.5. The smallest absolute Gasteiger partial charge is 0.336 e. The zero-order valence-electron chi connectivity index (χ0n) is 21.9. The maximum Gasteiger partial charge on any atom is 0.336 e. The van der Waals surface area contributed by atoms with E-state index in [2.05, 4.69) is 0 Å². The number of amides is 2. The molecule has 1 atom stereocenters. The van der Waals surface area contributed by atoms with Crippen molar-refractivity contribution in [3.63, 3.8) is 0 Å². The number of likely N-dealkylation sites (N-methyl/N-ethyl adjacent to an activating group) is 1. The predicted molar refractivity (Wildman–Crippen MR) is 141 cm³/mol. The normalized spacial score (nSPS) is 15.5. The Labute approximate surface area is 222 Å². The van der Waals surface area contributed by atoms with E-state index < -0.39 is 11.9 Å². The van der Waals surface area contributed by atoms with Gasteiger partial charge in [0.15, 0.2) is 11.5 Å². The molecule has 8 nitrogen and oxygen atoms in total. The summed E-state index contributed by atoms with van der Waals surface area (Å²) in [5, 5.41) is 0.513. The van der Waals surface area contributed by atoms with Crippen LogP contribution in [0.3, 0.4) is 0 Å². The third-order valence-electron chi connectivity index (χ3n) is 6.47. The van der Waals surface area contributed by atoms with E-state index in [4.69, 9.17) is 25.8 Å². The average Bonchev–Trinajstić information content (AvgIpc) is 2.88. The largest absolute Gasteiger partial charge is 0.493 e. The van der Waals surface area contributed by atoms with E-state index in [1.165, 1.54) is 4.90 Å². The molecule has 0 aromatic heterocycles. The summed E-state index contributed by atoms with van der Waals surface area (Å²) in [5.41, 5.74) is 2.52. The molecule has 9 heteroatoms. The number of esters is 1. The SMILES string of the molecule is CCOC(=O)C1=C(C)N(CC(=O)N(C)CCc2ccc(OC)c(OC)c2)C(=O)CC1c1cccc(Cl)c1. The maximum absolute atomic E-state index is 13.2. The summed E-state index contributed by atoms with van der Waals surface area (Å²) in [7, 11) is 4.84. The van der Waals surface area contributed by atoms with Gasteiger partial charge in [-0.25, -0.2) is 4.79 Å². The van der Waals surface area contributed by atoms with Gasteiger partial charge in [-0.2, -0.15) is 0 Å². The summed E-state index contributed by atoms with van der Waals surface area (Å²) in [6, 6.07) is 12.7. The highest BCUT2D eigenvalue weighted by Crippen LogP contribution is 2.37. The van der Waals surface area contributed by atoms with Crippen molar-refractivity contribution in [2.24, 2.45) is 0 Å². The second-order valence-corrected chi connectivity index (χ2v) is 9.20. The van der Waals surface area contributed by atoms with Gasteiger partial charge in [0.1, 0.15) is 6.54 Å². The standard InChI is InChI=1S/C28H33ClN2O6/c1-6-37-28(34)27-18(2)31(25(32)16-22(27)20-8-7-9-21(29)15-20)17-26(33)30(3)13-12-19-10-11-23(35-4)24(14-19)36-5/h7-11,14-15,22H,6,12-13,16-17H2,1-5H3. The minimum atomic E-state index is -0.503. The molecule has 0 bridgehead atoms. The molecule has 0 aliphatic carbocycles. The number of methoxy groups -OCH3 is 2. The van der Waals surface area contributed by atoms with Gasteiger partial charge in [0.05, 0.1) is 26.4 Å². The fraction of sp³-hybridized carbons (Fsp3) is 0.393. The van der Waals surface area contributed by atoms with Crippen molar-refractivity contribution in [3.8, 4) is 11.5 Å². The highest BCUT2D eigenvalue weighted by Gasteiger charge is 2.37. The lowest BCUT2D eigenvalue weighted by Crippen LogP contribution is -2.45. The molecule has 1 unspecified atom stereocenters. The van der Waals surface area contributed by atoms with Gasteiger partial charge in [-0.05, 0) is 55.7 Å². The lowest BCUT2D eigenvalue weighted by molar-refractivity contribution is -0.142. The van der Waals surface area contributed by atoms with Crippen molar-refractivity contribution < 1.29 is 28.6 Å². The van der Waals surface area contributed by atoms with E-state index in [0.717, 1.165) is 11.1 Å². The molecule has 0 fully saturated rings. The molecule has 2 aromatic rings. The van der Waals surface area contributed by atoms with Gasteiger partial charge in [-0.15, -0.1) is 0 Å². The Morgan fingerprint density at radius 1 is 1.11 bits per heavy atom. The Morgan fingerprint density at radius 3 is 2.49 bits per heavy atom. The van der Waals surface area contributed by atoms with E-state index >= 15 is 0 Å². The fourth-order valence-electron chi connectivity index (χ4n) is 4.40. The zero-order valence-corrected chi connectivity index (χ0v) is 22.6. The summed E-state index contributed by atoms with van der Waals surface area (Å²) in [6.07, 6.45) is 0.630. The molecule has 37 heavy (non-hydrogen) atoms. The number of hydrogen-bond acceptors (Lipinski definition) is 6. The molecule has 198 valence electrons. The van der Waals surface area contributed by atoms with Gasteiger partial charge in [0, 0.05) is 36.7 Å². The highest BCUT2D eigenvalue weighted by molar-refractivity contribution is 6.30. The summed E-state index contributed by atoms with van der Waals surface area (Å²) < 4.78 is 15.9. The van der Waals surface area contributed by atoms with Crippen LogP contribution >= 0.6 is 11.6 Å². The quantitative estimate of drug-likeness (QED) is 0.429. The molecular formula is C28H33ClN2O6. The van der Waals surface area contributed by atoms with Crippen LogP contribution in [-0.2, 0) is 25.5 Å². The molecule has 1 aliphatic rings. The van der Waals surface area contributed by atoms with Crippen molar-refractivity contribution in [2.45, 2.75) is 32.6 Å². The van der Waals surface area contributed by atoms with Gasteiger partial charge in [-0.1, -0.05) is 29.8 Å². The molecule has 0 N–H and O–H groups in total. The third-order valence-corrected chi connectivity index (χ3v) is 6.71. The first-order valence-electron chi connectivity index (χ1n) is 12.1. The predicted octanol–water partition coefficient (Wildman–Crippen LogP) is 4.21. The topological polar surface area (TPSA) is 85.4 Å². The van der Waals surface area contributed by atoms with Crippen LogP contribution in [0.4, 0.5) is 0 Å². The van der Waals surface area contributed by atoms with Gasteiger partial charge in [0.2, 0.25) is 11.8 Å². The molecule has 1 heterocycles. The van der Waals surface area contributed by atoms with Crippen molar-refractivity contribution in [3.05, 3.63) is 69.9 Å². The first kappa shape index (κ1) is 28.1. The molecule has 2 aromatic carbocycles. The van der Waals surface area contributed by atoms with Crippen LogP contribution < -0.4 is 9.47 Å². The number of carbonyl (C=O) groups is 3. The van der Waals surface area contributed by atoms with Crippen LogP contribution in [0.25, 0.3) is 0 Å². The number of nitrogens with zero attached hydrogens (tertiary/aromatic N) is 2. The summed E-state index contributed by atoms with van der Waals surface area (Å²) in [5.74, 6) is -0.227. The van der Waals surface area contributed by atoms with E-state index in [9.17, 15) is 14.4 Å². The average molecular weight is 529 g/mol. The molecule has 0 saturated carbocycles. The molecule has 0 spiro atoms. The minimum Gasteiger partial charge on any atom is -0.493 e. The third kappa shape index (κ3) is 6.63.